The van der Waals surface area contributed by atoms with Gasteiger partial charge >= 0.3 is 0 Å². The van der Waals surface area contributed by atoms with Gasteiger partial charge in [-0.2, -0.15) is 0 Å². The van der Waals surface area contributed by atoms with Crippen molar-refractivity contribution in [3.63, 3.8) is 0 Å². The molecule has 0 aromatic heterocycles. The summed E-state index contributed by atoms with van der Waals surface area (Å²) in [4.78, 5) is 11.4. The van der Waals surface area contributed by atoms with Gasteiger partial charge in [0.2, 0.25) is 5.91 Å². The van der Waals surface area contributed by atoms with E-state index in [1.807, 2.05) is 13.8 Å². The summed E-state index contributed by atoms with van der Waals surface area (Å²) in [6, 6.07) is 0. The van der Waals surface area contributed by atoms with Gasteiger partial charge in [-0.1, -0.05) is 15.9 Å². The number of hydrogen-bond acceptors (Lipinski definition) is 2. The van der Waals surface area contributed by atoms with Gasteiger partial charge in [-0.3, -0.25) is 4.79 Å². The monoisotopic (exact) mass is 265 g/mol. The molecule has 4 heteroatoms. The number of methoxy groups -OCH3 is 1. The molecule has 0 unspecified atom stereocenters. The zero-order valence-corrected chi connectivity index (χ0v) is 10.8. The minimum absolute atomic E-state index is 0.105. The predicted octanol–water partition coefficient (Wildman–Crippen LogP) is 2.09. The van der Waals surface area contributed by atoms with Crippen LogP contribution in [0.1, 0.15) is 33.1 Å². The Morgan fingerprint density at radius 2 is 2.07 bits per heavy atom. The molecule has 0 heterocycles. The summed E-state index contributed by atoms with van der Waals surface area (Å²) in [6.45, 7) is 4.45. The minimum Gasteiger partial charge on any atom is -0.382 e. The average molecular weight is 266 g/mol. The van der Waals surface area contributed by atoms with Crippen molar-refractivity contribution in [2.24, 2.45) is 0 Å². The molecule has 1 N–H and O–H groups in total. The lowest BCUT2D eigenvalue weighted by atomic mass is 10.1. The summed E-state index contributed by atoms with van der Waals surface area (Å²) >= 11 is 3.33. The molecule has 0 aliphatic rings. The molecule has 0 spiro atoms. The van der Waals surface area contributed by atoms with Crippen LogP contribution in [0.5, 0.6) is 0 Å². The van der Waals surface area contributed by atoms with Crippen molar-refractivity contribution in [3.05, 3.63) is 0 Å². The van der Waals surface area contributed by atoms with E-state index < -0.39 is 0 Å². The number of alkyl halides is 1. The number of amides is 1. The fourth-order valence-electron chi connectivity index (χ4n) is 1.22. The van der Waals surface area contributed by atoms with Crippen molar-refractivity contribution in [2.75, 3.05) is 19.0 Å². The van der Waals surface area contributed by atoms with Crippen molar-refractivity contribution in [1.82, 2.24) is 5.32 Å². The van der Waals surface area contributed by atoms with Crippen molar-refractivity contribution >= 4 is 21.8 Å². The van der Waals surface area contributed by atoms with Crippen LogP contribution in [0.25, 0.3) is 0 Å². The summed E-state index contributed by atoms with van der Waals surface area (Å²) in [5.74, 6) is 0.105. The van der Waals surface area contributed by atoms with Gasteiger partial charge in [-0.25, -0.2) is 0 Å². The van der Waals surface area contributed by atoms with Gasteiger partial charge in [0.1, 0.15) is 0 Å². The fourth-order valence-corrected chi connectivity index (χ4v) is 1.61. The van der Waals surface area contributed by atoms with Crippen molar-refractivity contribution in [1.29, 1.82) is 0 Å². The molecule has 0 aliphatic heterocycles. The Hall–Kier alpha value is -0.0900. The Morgan fingerprint density at radius 1 is 1.43 bits per heavy atom. The van der Waals surface area contributed by atoms with E-state index >= 15 is 0 Å². The van der Waals surface area contributed by atoms with Crippen LogP contribution in [0.2, 0.25) is 0 Å². The van der Waals surface area contributed by atoms with E-state index in [0.29, 0.717) is 13.0 Å². The van der Waals surface area contributed by atoms with Crippen molar-refractivity contribution in [2.45, 2.75) is 38.6 Å². The summed E-state index contributed by atoms with van der Waals surface area (Å²) in [5, 5.41) is 3.90. The quantitative estimate of drug-likeness (QED) is 0.566. The molecular weight excluding hydrogens is 246 g/mol. The van der Waals surface area contributed by atoms with E-state index in [1.165, 1.54) is 0 Å². The van der Waals surface area contributed by atoms with E-state index in [9.17, 15) is 4.79 Å². The molecule has 0 aliphatic carbocycles. The molecule has 0 aromatic rings. The lowest BCUT2D eigenvalue weighted by Gasteiger charge is -2.25. The van der Waals surface area contributed by atoms with Gasteiger partial charge < -0.3 is 10.1 Å². The molecule has 0 aromatic carbocycles. The largest absolute Gasteiger partial charge is 0.382 e. The van der Waals surface area contributed by atoms with Crippen LogP contribution < -0.4 is 5.32 Å². The third kappa shape index (κ3) is 7.33. The van der Waals surface area contributed by atoms with Gasteiger partial charge in [0.15, 0.2) is 0 Å². The fraction of sp³-hybridized carbons (Fsp3) is 0.900. The minimum atomic E-state index is -0.264. The lowest BCUT2D eigenvalue weighted by Crippen LogP contribution is -2.46. The molecule has 84 valence electrons. The molecule has 0 rings (SSSR count). The summed E-state index contributed by atoms with van der Waals surface area (Å²) in [6.07, 6.45) is 2.57. The highest BCUT2D eigenvalue weighted by atomic mass is 79.9. The second-order valence-corrected chi connectivity index (χ2v) is 4.80. The highest BCUT2D eigenvalue weighted by molar-refractivity contribution is 9.09. The maximum Gasteiger partial charge on any atom is 0.220 e. The number of ether oxygens (including phenoxy) is 1. The Balaban J connectivity index is 3.69. The van der Waals surface area contributed by atoms with Crippen LogP contribution in [-0.4, -0.2) is 30.5 Å². The topological polar surface area (TPSA) is 38.3 Å². The van der Waals surface area contributed by atoms with E-state index in [0.717, 1.165) is 18.2 Å². The zero-order chi connectivity index (χ0) is 11.0. The maximum absolute atomic E-state index is 11.4. The molecule has 0 atom stereocenters. The molecule has 0 fully saturated rings. The number of halogens is 1. The molecule has 3 nitrogen and oxygen atoms in total. The van der Waals surface area contributed by atoms with Gasteiger partial charge in [0.25, 0.3) is 0 Å². The number of carbonyl (C=O) groups is 1. The lowest BCUT2D eigenvalue weighted by molar-refractivity contribution is -0.123. The second kappa shape index (κ2) is 7.23. The van der Waals surface area contributed by atoms with E-state index in [4.69, 9.17) is 4.74 Å². The first-order chi connectivity index (χ1) is 6.52. The number of hydrogen-bond donors (Lipinski definition) is 1. The smallest absolute Gasteiger partial charge is 0.220 e. The SMILES string of the molecule is COCC(C)(C)NC(=O)CCCCBr. The highest BCUT2D eigenvalue weighted by Gasteiger charge is 2.19. The van der Waals surface area contributed by atoms with Crippen LogP contribution in [0.4, 0.5) is 0 Å². The summed E-state index contributed by atoms with van der Waals surface area (Å²) in [5.41, 5.74) is -0.264. The number of rotatable bonds is 7. The molecule has 0 radical (unpaired) electrons. The third-order valence-electron chi connectivity index (χ3n) is 1.77. The summed E-state index contributed by atoms with van der Waals surface area (Å²) < 4.78 is 5.01. The van der Waals surface area contributed by atoms with Crippen LogP contribution in [0.3, 0.4) is 0 Å². The average Bonchev–Trinajstić information content (AvgIpc) is 2.03. The maximum atomic E-state index is 11.4. The van der Waals surface area contributed by atoms with Gasteiger partial charge in [-0.15, -0.1) is 0 Å². The predicted molar refractivity (Wildman–Crippen MR) is 61.7 cm³/mol. The highest BCUT2D eigenvalue weighted by Crippen LogP contribution is 2.04. The first kappa shape index (κ1) is 13.9. The number of nitrogens with one attached hydrogen (secondary N) is 1. The Kier molecular flexibility index (Phi) is 7.19. The molecule has 1 amide bonds. The molecule has 14 heavy (non-hydrogen) atoms. The number of carbonyl (C=O) groups excluding carboxylic acids is 1. The first-order valence-corrected chi connectivity index (χ1v) is 6.00. The molecule has 0 saturated heterocycles. The Bertz CT molecular complexity index is 172. The summed E-state index contributed by atoms with van der Waals surface area (Å²) in [7, 11) is 1.64. The van der Waals surface area contributed by atoms with Crippen molar-refractivity contribution < 1.29 is 9.53 Å². The van der Waals surface area contributed by atoms with Crippen LogP contribution in [0.15, 0.2) is 0 Å². The standard InChI is InChI=1S/C10H20BrNO2/c1-10(2,8-14-3)12-9(13)6-4-5-7-11/h4-8H2,1-3H3,(H,12,13). The number of unbranched alkanes of at least 4 members (excludes halogenated alkanes) is 1. The molecular formula is C10H20BrNO2. The van der Waals surface area contributed by atoms with Crippen LogP contribution in [-0.2, 0) is 9.53 Å². The first-order valence-electron chi connectivity index (χ1n) is 4.88. The van der Waals surface area contributed by atoms with Gasteiger partial charge in [0, 0.05) is 18.9 Å². The molecule has 0 saturated carbocycles. The van der Waals surface area contributed by atoms with Gasteiger partial charge in [0.05, 0.1) is 12.1 Å². The Morgan fingerprint density at radius 3 is 2.57 bits per heavy atom. The molecule has 0 bridgehead atoms. The Labute approximate surface area is 94.7 Å². The van der Waals surface area contributed by atoms with E-state index in [1.54, 1.807) is 7.11 Å². The van der Waals surface area contributed by atoms with E-state index in [-0.39, 0.29) is 11.4 Å². The zero-order valence-electron chi connectivity index (χ0n) is 9.23. The van der Waals surface area contributed by atoms with Gasteiger partial charge in [-0.05, 0) is 26.7 Å². The van der Waals surface area contributed by atoms with Crippen LogP contribution >= 0.6 is 15.9 Å². The van der Waals surface area contributed by atoms with Crippen LogP contribution in [0, 0.1) is 0 Å². The van der Waals surface area contributed by atoms with Crippen molar-refractivity contribution in [3.8, 4) is 0 Å². The second-order valence-electron chi connectivity index (χ2n) is 4.01. The normalized spacial score (nSPS) is 11.4. The third-order valence-corrected chi connectivity index (χ3v) is 2.33. The van der Waals surface area contributed by atoms with E-state index in [2.05, 4.69) is 21.2 Å².